The van der Waals surface area contributed by atoms with Crippen LogP contribution in [0.3, 0.4) is 0 Å². The van der Waals surface area contributed by atoms with E-state index in [0.717, 1.165) is 32.5 Å². The molecule has 2 fully saturated rings. The summed E-state index contributed by atoms with van der Waals surface area (Å²) in [6, 6.07) is 0.210. The number of ether oxygens (including phenoxy) is 1. The fourth-order valence-electron chi connectivity index (χ4n) is 2.62. The molecule has 0 aromatic carbocycles. The fourth-order valence-corrected chi connectivity index (χ4v) is 4.15. The number of nitrogens with one attached hydrogen (secondary N) is 1. The first-order valence-electron chi connectivity index (χ1n) is 6.26. The molecule has 1 heterocycles. The quantitative estimate of drug-likeness (QED) is 0.783. The highest BCUT2D eigenvalue weighted by Gasteiger charge is 2.46. The maximum atomic E-state index is 11.5. The van der Waals surface area contributed by atoms with E-state index in [1.807, 2.05) is 25.6 Å². The van der Waals surface area contributed by atoms with Crippen molar-refractivity contribution in [3.8, 4) is 0 Å². The zero-order chi connectivity index (χ0) is 12.5. The van der Waals surface area contributed by atoms with Crippen LogP contribution in [-0.2, 0) is 9.53 Å². The summed E-state index contributed by atoms with van der Waals surface area (Å²) in [7, 11) is 0. The highest BCUT2D eigenvalue weighted by atomic mass is 32.2. The zero-order valence-corrected chi connectivity index (χ0v) is 11.3. The summed E-state index contributed by atoms with van der Waals surface area (Å²) in [5.74, 6) is -0.695. The van der Waals surface area contributed by atoms with Gasteiger partial charge in [-0.05, 0) is 33.1 Å². The van der Waals surface area contributed by atoms with Gasteiger partial charge in [-0.25, -0.2) is 0 Å². The standard InChI is InChI=1S/C12H21NO3S/c1-8(2)13-12(11(14)15)4-3-9(5-12)17-10-6-16-7-10/h8-10,13H,3-7H2,1-2H3,(H,14,15). The molecule has 4 nitrogen and oxygen atoms in total. The van der Waals surface area contributed by atoms with Crippen molar-refractivity contribution in [2.24, 2.45) is 0 Å². The third-order valence-electron chi connectivity index (χ3n) is 3.44. The van der Waals surface area contributed by atoms with Crippen LogP contribution in [0.4, 0.5) is 0 Å². The first-order valence-corrected chi connectivity index (χ1v) is 7.20. The predicted molar refractivity (Wildman–Crippen MR) is 68.5 cm³/mol. The van der Waals surface area contributed by atoms with Gasteiger partial charge in [0, 0.05) is 11.3 Å². The number of thioether (sulfide) groups is 1. The average molecular weight is 259 g/mol. The first-order chi connectivity index (χ1) is 8.02. The molecule has 0 radical (unpaired) electrons. The lowest BCUT2D eigenvalue weighted by Crippen LogP contribution is -2.53. The number of hydrogen-bond donors (Lipinski definition) is 2. The molecule has 2 N–H and O–H groups in total. The van der Waals surface area contributed by atoms with Gasteiger partial charge in [0.2, 0.25) is 0 Å². The lowest BCUT2D eigenvalue weighted by Gasteiger charge is -2.30. The van der Waals surface area contributed by atoms with Crippen LogP contribution in [0.5, 0.6) is 0 Å². The molecule has 5 heteroatoms. The van der Waals surface area contributed by atoms with E-state index in [4.69, 9.17) is 4.74 Å². The molecule has 2 rings (SSSR count). The number of carboxylic acids is 1. The van der Waals surface area contributed by atoms with E-state index in [2.05, 4.69) is 5.32 Å². The van der Waals surface area contributed by atoms with Crippen molar-refractivity contribution in [3.05, 3.63) is 0 Å². The molecule has 0 spiro atoms. The molecule has 1 saturated heterocycles. The van der Waals surface area contributed by atoms with Gasteiger partial charge < -0.3 is 9.84 Å². The Morgan fingerprint density at radius 2 is 2.18 bits per heavy atom. The Bertz CT molecular complexity index is 293. The smallest absolute Gasteiger partial charge is 0.323 e. The predicted octanol–water partition coefficient (Wildman–Crippen LogP) is 1.49. The molecule has 2 atom stereocenters. The Kier molecular flexibility index (Phi) is 4.00. The fraction of sp³-hybridized carbons (Fsp3) is 0.917. The number of rotatable bonds is 5. The van der Waals surface area contributed by atoms with Crippen molar-refractivity contribution in [2.45, 2.75) is 55.2 Å². The SMILES string of the molecule is CC(C)NC1(C(=O)O)CCC(SC2COC2)C1. The molecule has 1 aliphatic carbocycles. The van der Waals surface area contributed by atoms with Crippen LogP contribution in [0.1, 0.15) is 33.1 Å². The van der Waals surface area contributed by atoms with Crippen molar-refractivity contribution in [1.29, 1.82) is 0 Å². The summed E-state index contributed by atoms with van der Waals surface area (Å²) in [6.45, 7) is 5.67. The molecule has 0 amide bonds. The van der Waals surface area contributed by atoms with Crippen molar-refractivity contribution in [2.75, 3.05) is 13.2 Å². The summed E-state index contributed by atoms with van der Waals surface area (Å²) < 4.78 is 5.16. The van der Waals surface area contributed by atoms with Gasteiger partial charge in [-0.2, -0.15) is 11.8 Å². The molecule has 2 unspecified atom stereocenters. The van der Waals surface area contributed by atoms with Crippen LogP contribution in [0, 0.1) is 0 Å². The number of aliphatic carboxylic acids is 1. The molecular weight excluding hydrogens is 238 g/mol. The summed E-state index contributed by atoms with van der Waals surface area (Å²) in [5, 5.41) is 13.7. The monoisotopic (exact) mass is 259 g/mol. The Hall–Kier alpha value is -0.260. The Balaban J connectivity index is 1.92. The van der Waals surface area contributed by atoms with Gasteiger partial charge in [0.25, 0.3) is 0 Å². The molecule has 2 aliphatic rings. The van der Waals surface area contributed by atoms with E-state index >= 15 is 0 Å². The van der Waals surface area contributed by atoms with E-state index in [0.29, 0.717) is 10.5 Å². The second-order valence-corrected chi connectivity index (χ2v) is 6.95. The minimum atomic E-state index is -0.698. The summed E-state index contributed by atoms with van der Waals surface area (Å²) in [5.41, 5.74) is -0.698. The molecule has 0 aromatic rings. The van der Waals surface area contributed by atoms with Crippen molar-refractivity contribution in [1.82, 2.24) is 5.32 Å². The summed E-state index contributed by atoms with van der Waals surface area (Å²) in [4.78, 5) is 11.5. The number of hydrogen-bond acceptors (Lipinski definition) is 4. The van der Waals surface area contributed by atoms with Gasteiger partial charge >= 0.3 is 5.97 Å². The molecular formula is C12H21NO3S. The van der Waals surface area contributed by atoms with Gasteiger partial charge in [0.1, 0.15) is 5.54 Å². The molecule has 0 bridgehead atoms. The lowest BCUT2D eigenvalue weighted by atomic mass is 9.97. The van der Waals surface area contributed by atoms with Gasteiger partial charge in [0.05, 0.1) is 18.5 Å². The van der Waals surface area contributed by atoms with Crippen LogP contribution in [-0.4, -0.2) is 46.4 Å². The van der Waals surface area contributed by atoms with Crippen molar-refractivity contribution < 1.29 is 14.6 Å². The normalized spacial score (nSPS) is 33.9. The molecule has 98 valence electrons. The minimum Gasteiger partial charge on any atom is -0.480 e. The van der Waals surface area contributed by atoms with Crippen LogP contribution in [0.2, 0.25) is 0 Å². The third-order valence-corrected chi connectivity index (χ3v) is 4.88. The molecule has 1 saturated carbocycles. The molecule has 1 aliphatic heterocycles. The van der Waals surface area contributed by atoms with Crippen LogP contribution in [0.15, 0.2) is 0 Å². The molecule has 0 aromatic heterocycles. The number of carbonyl (C=O) groups is 1. The lowest BCUT2D eigenvalue weighted by molar-refractivity contribution is -0.145. The van der Waals surface area contributed by atoms with E-state index in [9.17, 15) is 9.90 Å². The van der Waals surface area contributed by atoms with Crippen LogP contribution >= 0.6 is 11.8 Å². The van der Waals surface area contributed by atoms with Crippen LogP contribution < -0.4 is 5.32 Å². The van der Waals surface area contributed by atoms with Crippen molar-refractivity contribution in [3.63, 3.8) is 0 Å². The zero-order valence-electron chi connectivity index (χ0n) is 10.4. The maximum absolute atomic E-state index is 11.5. The average Bonchev–Trinajstić information content (AvgIpc) is 2.55. The largest absolute Gasteiger partial charge is 0.480 e. The summed E-state index contributed by atoms with van der Waals surface area (Å²) in [6.07, 6.45) is 2.47. The van der Waals surface area contributed by atoms with Gasteiger partial charge in [-0.3, -0.25) is 10.1 Å². The topological polar surface area (TPSA) is 58.6 Å². The second-order valence-electron chi connectivity index (χ2n) is 5.35. The summed E-state index contributed by atoms with van der Waals surface area (Å²) >= 11 is 1.91. The second kappa shape index (κ2) is 5.16. The van der Waals surface area contributed by atoms with Crippen LogP contribution in [0.25, 0.3) is 0 Å². The van der Waals surface area contributed by atoms with Crippen molar-refractivity contribution >= 4 is 17.7 Å². The first kappa shape index (κ1) is 13.2. The maximum Gasteiger partial charge on any atom is 0.323 e. The van der Waals surface area contributed by atoms with E-state index in [1.165, 1.54) is 0 Å². The Morgan fingerprint density at radius 3 is 2.65 bits per heavy atom. The number of carboxylic acid groups (broad SMARTS) is 1. The van der Waals surface area contributed by atoms with E-state index in [-0.39, 0.29) is 6.04 Å². The van der Waals surface area contributed by atoms with Gasteiger partial charge in [0.15, 0.2) is 0 Å². The van der Waals surface area contributed by atoms with Gasteiger partial charge in [-0.1, -0.05) is 0 Å². The highest BCUT2D eigenvalue weighted by Crippen LogP contribution is 2.40. The van der Waals surface area contributed by atoms with E-state index < -0.39 is 11.5 Å². The minimum absolute atomic E-state index is 0.210. The Morgan fingerprint density at radius 1 is 1.47 bits per heavy atom. The van der Waals surface area contributed by atoms with Gasteiger partial charge in [-0.15, -0.1) is 0 Å². The Labute approximate surface area is 106 Å². The third kappa shape index (κ3) is 2.95. The molecule has 17 heavy (non-hydrogen) atoms. The van der Waals surface area contributed by atoms with E-state index in [1.54, 1.807) is 0 Å². The highest BCUT2D eigenvalue weighted by molar-refractivity contribution is 8.00.